The first kappa shape index (κ1) is 13.8. The van der Waals surface area contributed by atoms with Crippen LogP contribution in [0.25, 0.3) is 11.0 Å². The van der Waals surface area contributed by atoms with E-state index in [1.165, 1.54) is 11.2 Å². The number of amides is 1. The molecule has 3 aromatic heterocycles. The number of carbonyl (C=O) groups is 1. The van der Waals surface area contributed by atoms with Crippen LogP contribution in [0.1, 0.15) is 22.6 Å². The second-order valence-electron chi connectivity index (χ2n) is 4.95. The van der Waals surface area contributed by atoms with Gasteiger partial charge in [0.1, 0.15) is 17.8 Å². The van der Waals surface area contributed by atoms with Crippen LogP contribution >= 0.6 is 11.3 Å². The first-order valence-electron chi connectivity index (χ1n) is 6.77. The quantitative estimate of drug-likeness (QED) is 0.777. The summed E-state index contributed by atoms with van der Waals surface area (Å²) in [6.45, 7) is 3.98. The number of rotatable bonds is 4. The van der Waals surface area contributed by atoms with Gasteiger partial charge in [0.2, 0.25) is 5.91 Å². The zero-order valence-electron chi connectivity index (χ0n) is 11.9. The highest BCUT2D eigenvalue weighted by Gasteiger charge is 2.13. The summed E-state index contributed by atoms with van der Waals surface area (Å²) in [5.74, 6) is 0.555. The highest BCUT2D eigenvalue weighted by atomic mass is 32.1. The van der Waals surface area contributed by atoms with Crippen molar-refractivity contribution in [2.24, 2.45) is 0 Å². The molecule has 0 atom stereocenters. The summed E-state index contributed by atoms with van der Waals surface area (Å²) in [7, 11) is 0. The number of fused-ring (bicyclic) bond motifs is 1. The summed E-state index contributed by atoms with van der Waals surface area (Å²) in [5.41, 5.74) is 2.87. The summed E-state index contributed by atoms with van der Waals surface area (Å²) in [4.78, 5) is 24.9. The van der Waals surface area contributed by atoms with E-state index in [2.05, 4.69) is 20.3 Å². The van der Waals surface area contributed by atoms with Gasteiger partial charge in [-0.3, -0.25) is 4.79 Å². The molecule has 0 unspecified atom stereocenters. The van der Waals surface area contributed by atoms with Crippen LogP contribution in [0.4, 0.5) is 5.82 Å². The van der Waals surface area contributed by atoms with Crippen LogP contribution in [0.15, 0.2) is 23.8 Å². The van der Waals surface area contributed by atoms with Crippen molar-refractivity contribution in [3.63, 3.8) is 0 Å². The SMILES string of the molecule is Cc1[nH]c2ncnc(NC(=O)CCc3cccs3)c2c1C. The molecular formula is C15H16N4OS. The largest absolute Gasteiger partial charge is 0.343 e. The Morgan fingerprint density at radius 1 is 1.38 bits per heavy atom. The van der Waals surface area contributed by atoms with Crippen LogP contribution in [0.3, 0.4) is 0 Å². The van der Waals surface area contributed by atoms with E-state index in [1.54, 1.807) is 11.3 Å². The molecule has 0 aliphatic carbocycles. The van der Waals surface area contributed by atoms with Gasteiger partial charge in [-0.05, 0) is 37.3 Å². The smallest absolute Gasteiger partial charge is 0.225 e. The summed E-state index contributed by atoms with van der Waals surface area (Å²) in [6, 6.07) is 4.04. The van der Waals surface area contributed by atoms with E-state index in [9.17, 15) is 4.79 Å². The fourth-order valence-electron chi connectivity index (χ4n) is 2.28. The molecule has 0 saturated heterocycles. The summed E-state index contributed by atoms with van der Waals surface area (Å²) < 4.78 is 0. The minimum Gasteiger partial charge on any atom is -0.343 e. The number of aromatic amines is 1. The van der Waals surface area contributed by atoms with Crippen molar-refractivity contribution in [3.05, 3.63) is 40.0 Å². The van der Waals surface area contributed by atoms with Crippen LogP contribution in [0.2, 0.25) is 0 Å². The lowest BCUT2D eigenvalue weighted by Crippen LogP contribution is -2.13. The van der Waals surface area contributed by atoms with E-state index in [4.69, 9.17) is 0 Å². The van der Waals surface area contributed by atoms with Gasteiger partial charge in [-0.1, -0.05) is 6.07 Å². The van der Waals surface area contributed by atoms with Crippen molar-refractivity contribution in [1.82, 2.24) is 15.0 Å². The molecule has 0 aliphatic rings. The molecule has 2 N–H and O–H groups in total. The van der Waals surface area contributed by atoms with Gasteiger partial charge < -0.3 is 10.3 Å². The van der Waals surface area contributed by atoms with Gasteiger partial charge in [0.05, 0.1) is 5.39 Å². The second-order valence-corrected chi connectivity index (χ2v) is 5.98. The molecule has 3 rings (SSSR count). The third-order valence-corrected chi connectivity index (χ3v) is 4.46. The van der Waals surface area contributed by atoms with Gasteiger partial charge in [-0.15, -0.1) is 11.3 Å². The van der Waals surface area contributed by atoms with Gasteiger partial charge in [0.25, 0.3) is 0 Å². The number of nitrogens with one attached hydrogen (secondary N) is 2. The highest BCUT2D eigenvalue weighted by Crippen LogP contribution is 2.25. The Bertz CT molecular complexity index is 776. The lowest BCUT2D eigenvalue weighted by Gasteiger charge is -2.05. The van der Waals surface area contributed by atoms with E-state index < -0.39 is 0 Å². The van der Waals surface area contributed by atoms with Gasteiger partial charge in [-0.2, -0.15) is 0 Å². The number of anilines is 1. The molecule has 0 aromatic carbocycles. The molecule has 0 aliphatic heterocycles. The predicted molar refractivity (Wildman–Crippen MR) is 84.6 cm³/mol. The van der Waals surface area contributed by atoms with Crippen LogP contribution in [-0.2, 0) is 11.2 Å². The Morgan fingerprint density at radius 3 is 3.00 bits per heavy atom. The van der Waals surface area contributed by atoms with Crippen LogP contribution in [-0.4, -0.2) is 20.9 Å². The molecule has 0 spiro atoms. The summed E-state index contributed by atoms with van der Waals surface area (Å²) in [5, 5.41) is 5.81. The molecule has 3 heterocycles. The van der Waals surface area contributed by atoms with Crippen LogP contribution < -0.4 is 5.32 Å². The second kappa shape index (κ2) is 5.65. The van der Waals surface area contributed by atoms with E-state index in [-0.39, 0.29) is 5.91 Å². The van der Waals surface area contributed by atoms with Crippen molar-refractivity contribution in [1.29, 1.82) is 0 Å². The minimum atomic E-state index is -0.0262. The molecule has 21 heavy (non-hydrogen) atoms. The average Bonchev–Trinajstić information content (AvgIpc) is 3.07. The average molecular weight is 300 g/mol. The third-order valence-electron chi connectivity index (χ3n) is 3.53. The molecular weight excluding hydrogens is 284 g/mol. The number of carbonyl (C=O) groups excluding carboxylic acids is 1. The van der Waals surface area contributed by atoms with E-state index >= 15 is 0 Å². The Kier molecular flexibility index (Phi) is 3.70. The zero-order valence-corrected chi connectivity index (χ0v) is 12.8. The van der Waals surface area contributed by atoms with Crippen molar-refractivity contribution >= 4 is 34.1 Å². The maximum atomic E-state index is 12.1. The molecule has 3 aromatic rings. The standard InChI is InChI=1S/C15H16N4OS/c1-9-10(2)18-14-13(9)15(17-8-16-14)19-12(20)6-5-11-4-3-7-21-11/h3-4,7-8H,5-6H2,1-2H3,(H2,16,17,18,19,20). The number of hydrogen-bond donors (Lipinski definition) is 2. The molecule has 0 bridgehead atoms. The molecule has 108 valence electrons. The van der Waals surface area contributed by atoms with Crippen molar-refractivity contribution in [2.45, 2.75) is 26.7 Å². The minimum absolute atomic E-state index is 0.0262. The Labute approximate surface area is 126 Å². The maximum Gasteiger partial charge on any atom is 0.225 e. The molecule has 6 heteroatoms. The molecule has 0 fully saturated rings. The number of hydrogen-bond acceptors (Lipinski definition) is 4. The van der Waals surface area contributed by atoms with Gasteiger partial charge >= 0.3 is 0 Å². The fourth-order valence-corrected chi connectivity index (χ4v) is 2.98. The number of aromatic nitrogens is 3. The summed E-state index contributed by atoms with van der Waals surface area (Å²) >= 11 is 1.67. The zero-order chi connectivity index (χ0) is 14.8. The van der Waals surface area contributed by atoms with Gasteiger partial charge in [-0.25, -0.2) is 9.97 Å². The third kappa shape index (κ3) is 2.80. The maximum absolute atomic E-state index is 12.1. The van der Waals surface area contributed by atoms with E-state index in [0.29, 0.717) is 12.2 Å². The first-order chi connectivity index (χ1) is 10.1. The number of thiophene rings is 1. The first-order valence-corrected chi connectivity index (χ1v) is 7.65. The molecule has 5 nitrogen and oxygen atoms in total. The lowest BCUT2D eigenvalue weighted by molar-refractivity contribution is -0.116. The Morgan fingerprint density at radius 2 is 2.24 bits per heavy atom. The Hall–Kier alpha value is -2.21. The lowest BCUT2D eigenvalue weighted by atomic mass is 10.2. The van der Waals surface area contributed by atoms with Crippen molar-refractivity contribution in [2.75, 3.05) is 5.32 Å². The highest BCUT2D eigenvalue weighted by molar-refractivity contribution is 7.09. The number of H-pyrrole nitrogens is 1. The predicted octanol–water partition coefficient (Wildman–Crippen LogP) is 3.21. The topological polar surface area (TPSA) is 70.7 Å². The Balaban J connectivity index is 1.76. The van der Waals surface area contributed by atoms with E-state index in [0.717, 1.165) is 28.7 Å². The number of aryl methyl sites for hydroxylation is 3. The van der Waals surface area contributed by atoms with Crippen LogP contribution in [0, 0.1) is 13.8 Å². The van der Waals surface area contributed by atoms with Crippen molar-refractivity contribution in [3.8, 4) is 0 Å². The molecule has 0 radical (unpaired) electrons. The monoisotopic (exact) mass is 300 g/mol. The van der Waals surface area contributed by atoms with Gasteiger partial charge in [0.15, 0.2) is 0 Å². The van der Waals surface area contributed by atoms with Crippen LogP contribution in [0.5, 0.6) is 0 Å². The fraction of sp³-hybridized carbons (Fsp3) is 0.267. The molecule has 1 amide bonds. The van der Waals surface area contributed by atoms with E-state index in [1.807, 2.05) is 31.4 Å². The summed E-state index contributed by atoms with van der Waals surface area (Å²) in [6.07, 6.45) is 2.67. The molecule has 0 saturated carbocycles. The normalized spacial score (nSPS) is 11.0. The number of nitrogens with zero attached hydrogens (tertiary/aromatic N) is 2. The van der Waals surface area contributed by atoms with Crippen molar-refractivity contribution < 1.29 is 4.79 Å². The van der Waals surface area contributed by atoms with Gasteiger partial charge in [0, 0.05) is 17.0 Å².